The first-order valence-corrected chi connectivity index (χ1v) is 13.1. The van der Waals surface area contributed by atoms with E-state index in [1.165, 1.54) is 4.90 Å². The van der Waals surface area contributed by atoms with E-state index < -0.39 is 11.9 Å². The van der Waals surface area contributed by atoms with E-state index in [4.69, 9.17) is 13.9 Å². The second-order valence-corrected chi connectivity index (χ2v) is 9.97. The number of aromatic nitrogens is 1. The molecule has 5 rings (SSSR count). The number of unbranched alkanes of at least 4 members (excludes halogenated alkanes) is 2. The number of carbonyl (C=O) groups excluding carboxylic acids is 1. The van der Waals surface area contributed by atoms with Gasteiger partial charge in [-0.25, -0.2) is 4.98 Å². The normalized spacial score (nSPS) is 14.8. The monoisotopic (exact) mass is 562 g/mol. The lowest BCUT2D eigenvalue weighted by molar-refractivity contribution is 0.0970. The zero-order valence-corrected chi connectivity index (χ0v) is 22.5. The molecule has 0 saturated heterocycles. The van der Waals surface area contributed by atoms with Crippen molar-refractivity contribution in [3.63, 3.8) is 0 Å². The van der Waals surface area contributed by atoms with E-state index in [0.717, 1.165) is 29.3 Å². The number of ether oxygens (including phenoxy) is 2. The molecule has 2 aromatic heterocycles. The number of anilines is 1. The molecule has 3 heterocycles. The molecule has 37 heavy (non-hydrogen) atoms. The van der Waals surface area contributed by atoms with E-state index in [0.29, 0.717) is 40.5 Å². The van der Waals surface area contributed by atoms with Crippen molar-refractivity contribution >= 4 is 38.6 Å². The van der Waals surface area contributed by atoms with Gasteiger partial charge in [0.2, 0.25) is 5.76 Å². The van der Waals surface area contributed by atoms with Gasteiger partial charge in [-0.2, -0.15) is 0 Å². The fraction of sp³-hybridized carbons (Fsp3) is 0.276. The Kier molecular flexibility index (Phi) is 7.02. The van der Waals surface area contributed by atoms with Crippen LogP contribution < -0.4 is 19.8 Å². The number of nitrogens with zero attached hydrogens (tertiary/aromatic N) is 2. The van der Waals surface area contributed by atoms with Gasteiger partial charge in [0.15, 0.2) is 16.9 Å². The lowest BCUT2D eigenvalue weighted by Crippen LogP contribution is -2.30. The molecule has 4 aromatic rings. The van der Waals surface area contributed by atoms with Crippen LogP contribution in [0.4, 0.5) is 5.82 Å². The first kappa shape index (κ1) is 25.0. The number of benzene rings is 2. The second-order valence-electron chi connectivity index (χ2n) is 9.05. The van der Waals surface area contributed by atoms with Crippen molar-refractivity contribution in [2.45, 2.75) is 39.2 Å². The van der Waals surface area contributed by atoms with Gasteiger partial charge in [0.05, 0.1) is 30.7 Å². The maximum atomic E-state index is 13.8. The van der Waals surface area contributed by atoms with Crippen LogP contribution in [0.15, 0.2) is 68.4 Å². The second kappa shape index (κ2) is 10.4. The topological polar surface area (TPSA) is 81.9 Å². The highest BCUT2D eigenvalue weighted by Crippen LogP contribution is 2.43. The maximum absolute atomic E-state index is 13.8. The predicted octanol–water partition coefficient (Wildman–Crippen LogP) is 6.59. The Labute approximate surface area is 223 Å². The van der Waals surface area contributed by atoms with Crippen molar-refractivity contribution < 1.29 is 18.7 Å². The molecule has 1 aliphatic heterocycles. The van der Waals surface area contributed by atoms with Gasteiger partial charge < -0.3 is 13.9 Å². The van der Waals surface area contributed by atoms with Crippen LogP contribution in [0.5, 0.6) is 11.5 Å². The van der Waals surface area contributed by atoms with Gasteiger partial charge in [-0.15, -0.1) is 0 Å². The predicted molar refractivity (Wildman–Crippen MR) is 146 cm³/mol. The third-order valence-electron chi connectivity index (χ3n) is 6.48. The lowest BCUT2D eigenvalue weighted by atomic mass is 9.98. The van der Waals surface area contributed by atoms with E-state index in [1.54, 1.807) is 37.6 Å². The first-order valence-electron chi connectivity index (χ1n) is 12.3. The van der Waals surface area contributed by atoms with Gasteiger partial charge in [-0.1, -0.05) is 47.8 Å². The highest BCUT2D eigenvalue weighted by molar-refractivity contribution is 9.10. The summed E-state index contributed by atoms with van der Waals surface area (Å²) in [7, 11) is 1.57. The molecule has 0 N–H and O–H groups in total. The summed E-state index contributed by atoms with van der Waals surface area (Å²) in [6.07, 6.45) is 4.83. The first-order chi connectivity index (χ1) is 17.9. The quantitative estimate of drug-likeness (QED) is 0.225. The Bertz CT molecular complexity index is 1530. The van der Waals surface area contributed by atoms with Gasteiger partial charge in [-0.3, -0.25) is 14.5 Å². The number of amides is 1. The summed E-state index contributed by atoms with van der Waals surface area (Å²) >= 11 is 3.43. The van der Waals surface area contributed by atoms with Crippen molar-refractivity contribution in [1.82, 2.24) is 4.98 Å². The van der Waals surface area contributed by atoms with Crippen molar-refractivity contribution in [3.05, 3.63) is 91.9 Å². The molecule has 1 unspecified atom stereocenters. The Morgan fingerprint density at radius 1 is 1.05 bits per heavy atom. The Morgan fingerprint density at radius 3 is 2.62 bits per heavy atom. The minimum absolute atomic E-state index is 0.0195. The molecule has 190 valence electrons. The smallest absolute Gasteiger partial charge is 0.296 e. The number of hydrogen-bond donors (Lipinski definition) is 0. The fourth-order valence-corrected chi connectivity index (χ4v) is 4.97. The van der Waals surface area contributed by atoms with E-state index in [2.05, 4.69) is 27.8 Å². The third kappa shape index (κ3) is 4.62. The molecule has 2 aromatic carbocycles. The number of methoxy groups -OCH3 is 1. The Hall–Kier alpha value is -3.65. The van der Waals surface area contributed by atoms with Crippen molar-refractivity contribution in [1.29, 1.82) is 0 Å². The van der Waals surface area contributed by atoms with Crippen LogP contribution in [0, 0.1) is 6.92 Å². The van der Waals surface area contributed by atoms with Crippen LogP contribution >= 0.6 is 15.9 Å². The molecule has 8 heteroatoms. The largest absolute Gasteiger partial charge is 0.493 e. The van der Waals surface area contributed by atoms with Crippen molar-refractivity contribution in [2.24, 2.45) is 0 Å². The molecule has 1 atom stereocenters. The maximum Gasteiger partial charge on any atom is 0.296 e. The number of pyridine rings is 1. The number of carbonyl (C=O) groups is 1. The SMILES string of the molecule is CCCCCOc1ccc(C2c3c(oc4ccc(Br)cc4c3=O)C(=O)N2c2ccc(C)cn2)cc1OC. The number of hydrogen-bond acceptors (Lipinski definition) is 6. The Morgan fingerprint density at radius 2 is 1.89 bits per heavy atom. The summed E-state index contributed by atoms with van der Waals surface area (Å²) in [6.45, 7) is 4.65. The summed E-state index contributed by atoms with van der Waals surface area (Å²) in [4.78, 5) is 33.6. The fourth-order valence-electron chi connectivity index (χ4n) is 4.61. The van der Waals surface area contributed by atoms with E-state index in [-0.39, 0.29) is 16.8 Å². The summed E-state index contributed by atoms with van der Waals surface area (Å²) in [5.41, 5.74) is 2.02. The number of aryl methyl sites for hydroxylation is 1. The van der Waals surface area contributed by atoms with Crippen LogP contribution in [-0.2, 0) is 0 Å². The lowest BCUT2D eigenvalue weighted by Gasteiger charge is -2.25. The van der Waals surface area contributed by atoms with Gasteiger partial charge in [0, 0.05) is 10.7 Å². The molecule has 0 bridgehead atoms. The van der Waals surface area contributed by atoms with Gasteiger partial charge in [0.25, 0.3) is 5.91 Å². The zero-order valence-electron chi connectivity index (χ0n) is 20.9. The molecule has 0 saturated carbocycles. The van der Waals surface area contributed by atoms with Crippen LogP contribution in [0.25, 0.3) is 11.0 Å². The standard InChI is InChI=1S/C29H27BrN2O5/c1-4-5-6-13-36-22-10-8-18(14-23(22)35-3)26-25-27(33)20-15-19(30)9-11-21(20)37-28(25)29(34)32(26)24-12-7-17(2)16-31-24/h7-12,14-16,26H,4-6,13H2,1-3H3. The molecule has 1 amide bonds. The highest BCUT2D eigenvalue weighted by Gasteiger charge is 2.44. The molecule has 1 aliphatic rings. The van der Waals surface area contributed by atoms with Crippen molar-refractivity contribution in [2.75, 3.05) is 18.6 Å². The van der Waals surface area contributed by atoms with Crippen LogP contribution in [0.1, 0.15) is 59.5 Å². The van der Waals surface area contributed by atoms with Crippen LogP contribution in [-0.4, -0.2) is 24.6 Å². The van der Waals surface area contributed by atoms with Crippen LogP contribution in [0.3, 0.4) is 0 Å². The molecule has 0 aliphatic carbocycles. The van der Waals surface area contributed by atoms with Crippen LogP contribution in [0.2, 0.25) is 0 Å². The summed E-state index contributed by atoms with van der Waals surface area (Å²) in [5, 5.41) is 0.396. The van der Waals surface area contributed by atoms with Crippen molar-refractivity contribution in [3.8, 4) is 11.5 Å². The molecular weight excluding hydrogens is 536 g/mol. The molecule has 0 radical (unpaired) electrons. The van der Waals surface area contributed by atoms with Gasteiger partial charge in [0.1, 0.15) is 11.4 Å². The number of fused-ring (bicyclic) bond motifs is 2. The molecular formula is C29H27BrN2O5. The summed E-state index contributed by atoms with van der Waals surface area (Å²) < 4.78 is 18.4. The number of rotatable bonds is 8. The van der Waals surface area contributed by atoms with Gasteiger partial charge >= 0.3 is 0 Å². The minimum Gasteiger partial charge on any atom is -0.493 e. The van der Waals surface area contributed by atoms with E-state index in [1.807, 2.05) is 31.2 Å². The van der Waals surface area contributed by atoms with E-state index in [9.17, 15) is 9.59 Å². The third-order valence-corrected chi connectivity index (χ3v) is 6.98. The average Bonchev–Trinajstić information content (AvgIpc) is 3.20. The molecule has 7 nitrogen and oxygen atoms in total. The summed E-state index contributed by atoms with van der Waals surface area (Å²) in [6, 6.07) is 13.6. The average molecular weight is 563 g/mol. The minimum atomic E-state index is -0.750. The van der Waals surface area contributed by atoms with Gasteiger partial charge in [-0.05, 0) is 60.9 Å². The zero-order chi connectivity index (χ0) is 26.1. The molecule has 0 fully saturated rings. The highest BCUT2D eigenvalue weighted by atomic mass is 79.9. The molecule has 0 spiro atoms. The van der Waals surface area contributed by atoms with E-state index >= 15 is 0 Å². The number of halogens is 1. The Balaban J connectivity index is 1.67. The summed E-state index contributed by atoms with van der Waals surface area (Å²) in [5.74, 6) is 1.17.